The number of hydrogen-bond acceptors (Lipinski definition) is 8. The van der Waals surface area contributed by atoms with E-state index in [2.05, 4.69) is 10.3 Å². The van der Waals surface area contributed by atoms with Crippen LogP contribution in [0.25, 0.3) is 21.5 Å². The van der Waals surface area contributed by atoms with Gasteiger partial charge in [-0.05, 0) is 49.1 Å². The second-order valence-corrected chi connectivity index (χ2v) is 11.2. The molecule has 1 atom stereocenters. The normalized spacial score (nSPS) is 12.6. The smallest absolute Gasteiger partial charge is 0.431 e. The molecule has 3 aromatic carbocycles. The number of aryl methyl sites for hydroxylation is 1. The Morgan fingerprint density at radius 1 is 1.02 bits per heavy atom. The third-order valence-corrected chi connectivity index (χ3v) is 8.12. The molecule has 0 saturated heterocycles. The number of carbonyl (C=O) groups excluding carboxylic acids is 2. The van der Waals surface area contributed by atoms with Gasteiger partial charge in [-0.25, -0.2) is 9.78 Å². The molecular weight excluding hydrogens is 617 g/mol. The number of halogens is 3. The molecule has 0 bridgehead atoms. The SMILES string of the molecule is CCOC(=O)C(Cc1ccc(OCCc2nc(-c3ccccc3)oc2C)c2ccsc12)N/C(=C\C(=O)c1ccccc1)C(F)(F)F. The summed E-state index contributed by atoms with van der Waals surface area (Å²) in [6.07, 6.45) is -4.07. The lowest BCUT2D eigenvalue weighted by atomic mass is 10.0. The van der Waals surface area contributed by atoms with Gasteiger partial charge in [0, 0.05) is 40.1 Å². The number of benzene rings is 3. The van der Waals surface area contributed by atoms with E-state index in [0.29, 0.717) is 42.1 Å². The van der Waals surface area contributed by atoms with Gasteiger partial charge in [0.15, 0.2) is 5.78 Å². The number of fused-ring (bicyclic) bond motifs is 1. The van der Waals surface area contributed by atoms with E-state index in [0.717, 1.165) is 21.3 Å². The second-order valence-electron chi connectivity index (χ2n) is 10.3. The number of oxazole rings is 1. The van der Waals surface area contributed by atoms with Crippen LogP contribution in [0, 0.1) is 6.92 Å². The van der Waals surface area contributed by atoms with Crippen molar-refractivity contribution in [3.63, 3.8) is 0 Å². The average Bonchev–Trinajstić information content (AvgIpc) is 3.69. The lowest BCUT2D eigenvalue weighted by Crippen LogP contribution is -2.43. The van der Waals surface area contributed by atoms with E-state index >= 15 is 0 Å². The summed E-state index contributed by atoms with van der Waals surface area (Å²) < 4.78 is 60.1. The maximum absolute atomic E-state index is 14.1. The summed E-state index contributed by atoms with van der Waals surface area (Å²) in [5.74, 6) is 0.119. The number of alkyl halides is 3. The van der Waals surface area contributed by atoms with Gasteiger partial charge >= 0.3 is 12.1 Å². The van der Waals surface area contributed by atoms with Crippen molar-refractivity contribution >= 4 is 33.2 Å². The third-order valence-electron chi connectivity index (χ3n) is 7.13. The lowest BCUT2D eigenvalue weighted by molar-refractivity contribution is -0.146. The minimum absolute atomic E-state index is 0.0238. The highest BCUT2D eigenvalue weighted by molar-refractivity contribution is 7.17. The highest BCUT2D eigenvalue weighted by atomic mass is 32.1. The van der Waals surface area contributed by atoms with Crippen LogP contribution in [-0.2, 0) is 22.4 Å². The Morgan fingerprint density at radius 2 is 1.74 bits per heavy atom. The van der Waals surface area contributed by atoms with E-state index in [1.807, 2.05) is 48.7 Å². The summed E-state index contributed by atoms with van der Waals surface area (Å²) in [5, 5.41) is 4.88. The summed E-state index contributed by atoms with van der Waals surface area (Å²) >= 11 is 1.38. The Kier molecular flexibility index (Phi) is 10.2. The first-order chi connectivity index (χ1) is 22.1. The van der Waals surface area contributed by atoms with Crippen LogP contribution in [0.15, 0.2) is 100 Å². The van der Waals surface area contributed by atoms with Crippen molar-refractivity contribution in [2.24, 2.45) is 0 Å². The van der Waals surface area contributed by atoms with Crippen LogP contribution in [0.1, 0.15) is 34.3 Å². The fourth-order valence-electron chi connectivity index (χ4n) is 4.87. The zero-order chi connectivity index (χ0) is 32.7. The predicted octanol–water partition coefficient (Wildman–Crippen LogP) is 7.88. The van der Waals surface area contributed by atoms with Crippen molar-refractivity contribution in [3.8, 4) is 17.2 Å². The highest BCUT2D eigenvalue weighted by Crippen LogP contribution is 2.34. The van der Waals surface area contributed by atoms with Crippen LogP contribution in [0.5, 0.6) is 5.75 Å². The number of ether oxygens (including phenoxy) is 2. The molecular formula is C35H31F3N2O5S. The summed E-state index contributed by atoms with van der Waals surface area (Å²) in [5.41, 5.74) is 1.04. The van der Waals surface area contributed by atoms with E-state index < -0.39 is 29.7 Å². The molecule has 5 rings (SSSR count). The molecule has 5 aromatic rings. The van der Waals surface area contributed by atoms with E-state index in [1.165, 1.54) is 23.5 Å². The van der Waals surface area contributed by atoms with E-state index in [1.54, 1.807) is 37.3 Å². The minimum atomic E-state index is -4.92. The van der Waals surface area contributed by atoms with Crippen molar-refractivity contribution in [1.29, 1.82) is 0 Å². The molecule has 0 aliphatic heterocycles. The van der Waals surface area contributed by atoms with E-state index in [4.69, 9.17) is 13.9 Å². The number of hydrogen-bond donors (Lipinski definition) is 1. The quantitative estimate of drug-likeness (QED) is 0.0789. The fraction of sp³-hybridized carbons (Fsp3) is 0.229. The number of carbonyl (C=O) groups is 2. The fourth-order valence-corrected chi connectivity index (χ4v) is 5.81. The van der Waals surface area contributed by atoms with Gasteiger partial charge in [0.2, 0.25) is 5.89 Å². The average molecular weight is 649 g/mol. The van der Waals surface area contributed by atoms with Crippen LogP contribution in [-0.4, -0.2) is 42.2 Å². The number of rotatable bonds is 13. The van der Waals surface area contributed by atoms with Gasteiger partial charge in [0.05, 0.1) is 18.9 Å². The first kappa shape index (κ1) is 32.5. The van der Waals surface area contributed by atoms with Gasteiger partial charge in [-0.15, -0.1) is 11.3 Å². The molecule has 238 valence electrons. The highest BCUT2D eigenvalue weighted by Gasteiger charge is 2.38. The van der Waals surface area contributed by atoms with Gasteiger partial charge in [-0.1, -0.05) is 54.6 Å². The number of ketones is 1. The topological polar surface area (TPSA) is 90.7 Å². The predicted molar refractivity (Wildman–Crippen MR) is 170 cm³/mol. The zero-order valence-corrected chi connectivity index (χ0v) is 25.9. The van der Waals surface area contributed by atoms with E-state index in [9.17, 15) is 22.8 Å². The minimum Gasteiger partial charge on any atom is -0.493 e. The molecule has 0 radical (unpaired) electrons. The summed E-state index contributed by atoms with van der Waals surface area (Å²) in [6.45, 7) is 3.71. The van der Waals surface area contributed by atoms with Crippen molar-refractivity contribution in [2.75, 3.05) is 13.2 Å². The van der Waals surface area contributed by atoms with Crippen molar-refractivity contribution in [1.82, 2.24) is 10.3 Å². The Morgan fingerprint density at radius 3 is 2.43 bits per heavy atom. The van der Waals surface area contributed by atoms with Gasteiger partial charge in [0.1, 0.15) is 23.2 Å². The number of nitrogens with one attached hydrogen (secondary N) is 1. The lowest BCUT2D eigenvalue weighted by Gasteiger charge is -2.22. The Hall–Kier alpha value is -4.90. The van der Waals surface area contributed by atoms with Gasteiger partial charge in [0.25, 0.3) is 0 Å². The van der Waals surface area contributed by atoms with Crippen LogP contribution in [0.2, 0.25) is 0 Å². The second kappa shape index (κ2) is 14.5. The van der Waals surface area contributed by atoms with Crippen LogP contribution in [0.3, 0.4) is 0 Å². The number of thiophene rings is 1. The van der Waals surface area contributed by atoms with Gasteiger partial charge in [-0.3, -0.25) is 4.79 Å². The Balaban J connectivity index is 1.33. The number of aromatic nitrogens is 1. The van der Waals surface area contributed by atoms with Crippen LogP contribution in [0.4, 0.5) is 13.2 Å². The largest absolute Gasteiger partial charge is 0.493 e. The number of esters is 1. The van der Waals surface area contributed by atoms with Crippen molar-refractivity contribution in [2.45, 2.75) is 38.9 Å². The molecule has 0 fully saturated rings. The Labute approximate surface area is 267 Å². The molecule has 1 unspecified atom stereocenters. The maximum atomic E-state index is 14.1. The van der Waals surface area contributed by atoms with E-state index in [-0.39, 0.29) is 18.6 Å². The summed E-state index contributed by atoms with van der Waals surface area (Å²) in [6, 6.07) is 21.1. The maximum Gasteiger partial charge on any atom is 0.431 e. The summed E-state index contributed by atoms with van der Waals surface area (Å²) in [7, 11) is 0. The molecule has 0 amide bonds. The Bertz CT molecular complexity index is 1830. The molecule has 11 heteroatoms. The molecule has 0 spiro atoms. The molecule has 0 aliphatic carbocycles. The standard InChI is InChI=1S/C35H31F3N2O5S/c1-3-43-34(42)28(39-31(35(36,37)38)21-29(41)23-10-6-4-7-11-23)20-25-14-15-30(26-17-19-46-32(25)26)44-18-16-27-22(2)45-33(40-27)24-12-8-5-9-13-24/h4-15,17,19,21,28,39H,3,16,18,20H2,1-2H3/b31-21-. The first-order valence-corrected chi connectivity index (χ1v) is 15.5. The first-order valence-electron chi connectivity index (χ1n) is 14.6. The molecule has 0 saturated carbocycles. The van der Waals surface area contributed by atoms with Crippen molar-refractivity contribution in [3.05, 3.63) is 119 Å². The molecule has 0 aliphatic rings. The monoisotopic (exact) mass is 648 g/mol. The zero-order valence-electron chi connectivity index (χ0n) is 25.1. The molecule has 7 nitrogen and oxygen atoms in total. The molecule has 2 aromatic heterocycles. The molecule has 46 heavy (non-hydrogen) atoms. The number of allylic oxidation sites excluding steroid dienone is 2. The number of nitrogens with zero attached hydrogens (tertiary/aromatic N) is 1. The van der Waals surface area contributed by atoms with Crippen LogP contribution >= 0.6 is 11.3 Å². The molecule has 1 N–H and O–H groups in total. The van der Waals surface area contributed by atoms with Crippen molar-refractivity contribution < 1.29 is 36.7 Å². The van der Waals surface area contributed by atoms with Crippen LogP contribution < -0.4 is 10.1 Å². The third kappa shape index (κ3) is 7.84. The van der Waals surface area contributed by atoms with Gasteiger partial charge in [-0.2, -0.15) is 13.2 Å². The summed E-state index contributed by atoms with van der Waals surface area (Å²) in [4.78, 5) is 30.1. The van der Waals surface area contributed by atoms with Gasteiger partial charge < -0.3 is 19.2 Å². The molecule has 2 heterocycles.